The predicted octanol–water partition coefficient (Wildman–Crippen LogP) is 5.55. The number of ether oxygens (including phenoxy) is 2. The minimum Gasteiger partial charge on any atom is -0.473 e. The van der Waals surface area contributed by atoms with Gasteiger partial charge in [0, 0.05) is 29.9 Å². The molecule has 1 aliphatic carbocycles. The second-order valence-corrected chi connectivity index (χ2v) is 8.88. The first-order valence-corrected chi connectivity index (χ1v) is 11.2. The van der Waals surface area contributed by atoms with Crippen LogP contribution in [-0.2, 0) is 13.1 Å². The summed E-state index contributed by atoms with van der Waals surface area (Å²) < 4.78 is 12.3. The monoisotopic (exact) mass is 425 g/mol. The lowest BCUT2D eigenvalue weighted by Crippen LogP contribution is -2.32. The molecule has 162 valence electrons. The van der Waals surface area contributed by atoms with Gasteiger partial charge in [-0.2, -0.15) is 0 Å². The molecule has 0 fully saturated rings. The van der Waals surface area contributed by atoms with Crippen molar-refractivity contribution in [2.75, 3.05) is 24.1 Å². The Kier molecular flexibility index (Phi) is 4.49. The van der Waals surface area contributed by atoms with E-state index in [9.17, 15) is 0 Å². The largest absolute Gasteiger partial charge is 0.473 e. The minimum absolute atomic E-state index is 0.491. The second-order valence-electron chi connectivity index (χ2n) is 8.88. The van der Waals surface area contributed by atoms with Crippen LogP contribution >= 0.6 is 0 Å². The van der Waals surface area contributed by atoms with Crippen molar-refractivity contribution in [2.45, 2.75) is 32.9 Å². The average Bonchev–Trinajstić information content (AvgIpc) is 2.81. The normalized spacial score (nSPS) is 17.7. The Labute approximate surface area is 188 Å². The Morgan fingerprint density at radius 2 is 1.50 bits per heavy atom. The molecule has 2 heterocycles. The predicted molar refractivity (Wildman–Crippen MR) is 129 cm³/mol. The van der Waals surface area contributed by atoms with E-state index < -0.39 is 0 Å². The smallest absolute Gasteiger partial charge is 0.161 e. The molecule has 0 bridgehead atoms. The molecule has 0 atom stereocenters. The van der Waals surface area contributed by atoms with Crippen LogP contribution in [0.3, 0.4) is 0 Å². The quantitative estimate of drug-likeness (QED) is 0.545. The van der Waals surface area contributed by atoms with Crippen LogP contribution in [0.2, 0.25) is 0 Å². The highest BCUT2D eigenvalue weighted by atomic mass is 16.5. The maximum absolute atomic E-state index is 6.20. The van der Waals surface area contributed by atoms with Gasteiger partial charge < -0.3 is 25.0 Å². The van der Waals surface area contributed by atoms with Gasteiger partial charge in [-0.15, -0.1) is 0 Å². The van der Waals surface area contributed by atoms with Crippen molar-refractivity contribution in [3.63, 3.8) is 0 Å². The van der Waals surface area contributed by atoms with Gasteiger partial charge in [0.2, 0.25) is 0 Å². The van der Waals surface area contributed by atoms with Crippen LogP contribution < -0.4 is 20.1 Å². The summed E-state index contributed by atoms with van der Waals surface area (Å²) in [4.78, 5) is 4.51. The van der Waals surface area contributed by atoms with Crippen LogP contribution in [-0.4, -0.2) is 18.4 Å². The van der Waals surface area contributed by atoms with Crippen molar-refractivity contribution in [1.82, 2.24) is 4.90 Å². The number of fused-ring (bicyclic) bond motifs is 3. The molecule has 3 aromatic carbocycles. The van der Waals surface area contributed by atoms with Crippen LogP contribution in [0, 0.1) is 0 Å². The highest BCUT2D eigenvalue weighted by Gasteiger charge is 2.23. The fourth-order valence-corrected chi connectivity index (χ4v) is 4.94. The Hall–Kier alpha value is -3.60. The maximum Gasteiger partial charge on any atom is 0.161 e. The van der Waals surface area contributed by atoms with E-state index in [1.807, 2.05) is 24.3 Å². The van der Waals surface area contributed by atoms with Crippen LogP contribution in [0.4, 0.5) is 11.4 Å². The van der Waals surface area contributed by atoms with Crippen LogP contribution in [0.15, 0.2) is 72.0 Å². The highest BCUT2D eigenvalue weighted by Crippen LogP contribution is 2.38. The van der Waals surface area contributed by atoms with Crippen LogP contribution in [0.1, 0.15) is 30.9 Å². The summed E-state index contributed by atoms with van der Waals surface area (Å²) in [7, 11) is 0. The molecule has 3 aromatic rings. The van der Waals surface area contributed by atoms with Gasteiger partial charge in [-0.25, -0.2) is 0 Å². The zero-order valence-electron chi connectivity index (χ0n) is 18.3. The Morgan fingerprint density at radius 1 is 0.844 bits per heavy atom. The number of nitrogens with two attached hydrogens (primary N) is 1. The van der Waals surface area contributed by atoms with E-state index in [2.05, 4.69) is 53.1 Å². The van der Waals surface area contributed by atoms with Crippen molar-refractivity contribution >= 4 is 22.1 Å². The van der Waals surface area contributed by atoms with E-state index >= 15 is 0 Å². The molecule has 2 N–H and O–H groups in total. The Balaban J connectivity index is 1.33. The molecule has 0 unspecified atom stereocenters. The van der Waals surface area contributed by atoms with Gasteiger partial charge in [0.25, 0.3) is 0 Å². The zero-order chi connectivity index (χ0) is 21.7. The summed E-state index contributed by atoms with van der Waals surface area (Å²) in [6.45, 7) is 4.94. The molecule has 0 radical (unpaired) electrons. The molecule has 0 aromatic heterocycles. The van der Waals surface area contributed by atoms with Crippen molar-refractivity contribution in [2.24, 2.45) is 0 Å². The van der Waals surface area contributed by atoms with Gasteiger partial charge in [-0.05, 0) is 78.6 Å². The number of allylic oxidation sites excluding steroid dienone is 3. The van der Waals surface area contributed by atoms with E-state index in [1.165, 1.54) is 27.8 Å². The van der Waals surface area contributed by atoms with Crippen molar-refractivity contribution in [3.05, 3.63) is 83.1 Å². The van der Waals surface area contributed by atoms with E-state index in [0.29, 0.717) is 13.5 Å². The number of hydrogen-bond acceptors (Lipinski definition) is 5. The van der Waals surface area contributed by atoms with Gasteiger partial charge in [0.15, 0.2) is 13.5 Å². The number of rotatable bonds is 2. The lowest BCUT2D eigenvalue weighted by atomic mass is 9.99. The third kappa shape index (κ3) is 3.25. The van der Waals surface area contributed by atoms with Crippen LogP contribution in [0.25, 0.3) is 10.8 Å². The number of nitrogens with zero attached hydrogens (tertiary/aromatic N) is 2. The molecular weight excluding hydrogens is 398 g/mol. The molecule has 6 rings (SSSR count). The lowest BCUT2D eigenvalue weighted by molar-refractivity contribution is 0.130. The fourth-order valence-electron chi connectivity index (χ4n) is 4.94. The summed E-state index contributed by atoms with van der Waals surface area (Å²) in [5, 5.41) is 2.36. The molecule has 2 aliphatic heterocycles. The van der Waals surface area contributed by atoms with Crippen molar-refractivity contribution < 1.29 is 9.47 Å². The number of benzene rings is 3. The average molecular weight is 426 g/mol. The molecule has 0 saturated carbocycles. The first kappa shape index (κ1) is 19.1. The third-order valence-corrected chi connectivity index (χ3v) is 6.69. The Bertz CT molecular complexity index is 1280. The van der Waals surface area contributed by atoms with E-state index in [1.54, 1.807) is 0 Å². The van der Waals surface area contributed by atoms with E-state index in [4.69, 9.17) is 15.2 Å². The Morgan fingerprint density at radius 3 is 2.22 bits per heavy atom. The van der Waals surface area contributed by atoms with Crippen molar-refractivity contribution in [1.29, 1.82) is 0 Å². The van der Waals surface area contributed by atoms with Gasteiger partial charge in [0.05, 0.1) is 11.4 Å². The van der Waals surface area contributed by atoms with Crippen molar-refractivity contribution in [3.8, 4) is 11.5 Å². The molecule has 0 saturated heterocycles. The van der Waals surface area contributed by atoms with Gasteiger partial charge >= 0.3 is 0 Å². The van der Waals surface area contributed by atoms with Gasteiger partial charge in [-0.3, -0.25) is 0 Å². The fraction of sp³-hybridized carbons (Fsp3) is 0.259. The summed E-state index contributed by atoms with van der Waals surface area (Å²) >= 11 is 0. The maximum atomic E-state index is 6.20. The molecule has 0 spiro atoms. The first-order chi connectivity index (χ1) is 15.7. The van der Waals surface area contributed by atoms with Gasteiger partial charge in [-0.1, -0.05) is 18.2 Å². The highest BCUT2D eigenvalue weighted by molar-refractivity contribution is 5.88. The zero-order valence-corrected chi connectivity index (χ0v) is 18.3. The summed E-state index contributed by atoms with van der Waals surface area (Å²) in [6.07, 6.45) is 6.76. The molecule has 5 nitrogen and oxygen atoms in total. The number of nitrogen functional groups attached to an aromatic ring is 1. The topological polar surface area (TPSA) is 51.0 Å². The molecule has 3 aliphatic rings. The SMILES string of the molecule is CC1=C(N2COc3cc4cc5c(cc4cc3C2)CN(c2ccccc2N)CO5)C=CCC1. The minimum atomic E-state index is 0.491. The molecule has 5 heteroatoms. The molecule has 32 heavy (non-hydrogen) atoms. The standard InChI is InChI=1S/C27H27N3O2/c1-18-6-2-4-8-24(18)29-14-21-10-19-11-22-15-30(25-9-5-3-7-23(25)28)17-32-27(22)13-20(19)12-26(21)31-16-29/h3-5,7-13H,2,6,14-17,28H2,1H3. The third-order valence-electron chi connectivity index (χ3n) is 6.69. The summed E-state index contributed by atoms with van der Waals surface area (Å²) in [5.74, 6) is 1.91. The summed E-state index contributed by atoms with van der Waals surface area (Å²) in [5.41, 5.74) is 13.1. The van der Waals surface area contributed by atoms with Gasteiger partial charge in [0.1, 0.15) is 11.5 Å². The molecular formula is C27H27N3O2. The molecule has 0 amide bonds. The number of para-hydroxylation sites is 2. The van der Waals surface area contributed by atoms with E-state index in [0.717, 1.165) is 54.2 Å². The number of hydrogen-bond donors (Lipinski definition) is 1. The van der Waals surface area contributed by atoms with Crippen LogP contribution in [0.5, 0.6) is 11.5 Å². The summed E-state index contributed by atoms with van der Waals surface area (Å²) in [6, 6.07) is 16.8. The van der Waals surface area contributed by atoms with E-state index in [-0.39, 0.29) is 0 Å². The lowest BCUT2D eigenvalue weighted by Gasteiger charge is -2.34. The first-order valence-electron chi connectivity index (χ1n) is 11.2. The number of anilines is 2. The second kappa shape index (κ2) is 7.52.